The van der Waals surface area contributed by atoms with Crippen LogP contribution in [0.15, 0.2) is 23.1 Å². The largest absolute Gasteiger partial charge is 0.478 e. The number of aromatic carboxylic acids is 1. The van der Waals surface area contributed by atoms with Crippen molar-refractivity contribution in [3.05, 3.63) is 23.8 Å². The van der Waals surface area contributed by atoms with Crippen molar-refractivity contribution in [1.82, 2.24) is 9.21 Å². The molecule has 0 amide bonds. The molecule has 0 spiro atoms. The summed E-state index contributed by atoms with van der Waals surface area (Å²) in [6, 6.07) is 4.30. The van der Waals surface area contributed by atoms with E-state index in [1.807, 2.05) is 4.90 Å². The highest BCUT2D eigenvalue weighted by Crippen LogP contribution is 2.29. The van der Waals surface area contributed by atoms with Crippen LogP contribution in [-0.2, 0) is 10.0 Å². The van der Waals surface area contributed by atoms with Gasteiger partial charge in [-0.05, 0) is 24.7 Å². The van der Waals surface area contributed by atoms with Gasteiger partial charge in [-0.15, -0.1) is 12.4 Å². The molecule has 0 aromatic heterocycles. The predicted molar refractivity (Wildman–Crippen MR) is 95.8 cm³/mol. The van der Waals surface area contributed by atoms with E-state index >= 15 is 0 Å². The van der Waals surface area contributed by atoms with Crippen LogP contribution in [0.1, 0.15) is 17.3 Å². The second-order valence-electron chi connectivity index (χ2n) is 5.70. The first-order chi connectivity index (χ1) is 10.8. The summed E-state index contributed by atoms with van der Waals surface area (Å²) in [5.74, 6) is -1.14. The number of rotatable bonds is 5. The Morgan fingerprint density at radius 2 is 1.79 bits per heavy atom. The number of hydrogen-bond donors (Lipinski definition) is 1. The third kappa shape index (κ3) is 4.18. The molecule has 2 rings (SSSR count). The van der Waals surface area contributed by atoms with E-state index in [1.165, 1.54) is 26.2 Å². The van der Waals surface area contributed by atoms with Crippen LogP contribution < -0.4 is 4.90 Å². The summed E-state index contributed by atoms with van der Waals surface area (Å²) in [5, 5.41) is 9.15. The van der Waals surface area contributed by atoms with Crippen molar-refractivity contribution in [2.24, 2.45) is 0 Å². The van der Waals surface area contributed by atoms with Gasteiger partial charge in [0.15, 0.2) is 0 Å². The summed E-state index contributed by atoms with van der Waals surface area (Å²) in [5.41, 5.74) is 0.542. The van der Waals surface area contributed by atoms with Crippen molar-refractivity contribution in [3.63, 3.8) is 0 Å². The molecule has 0 bridgehead atoms. The molecule has 1 saturated heterocycles. The maximum Gasteiger partial charge on any atom is 0.335 e. The highest BCUT2D eigenvalue weighted by atomic mass is 35.5. The fourth-order valence-electron chi connectivity index (χ4n) is 2.62. The Kier molecular flexibility index (Phi) is 7.03. The number of sulfonamides is 1. The van der Waals surface area contributed by atoms with Crippen LogP contribution in [-0.4, -0.2) is 75.5 Å². The van der Waals surface area contributed by atoms with Gasteiger partial charge in [0.05, 0.1) is 11.3 Å². The molecule has 0 saturated carbocycles. The molecule has 9 heteroatoms. The summed E-state index contributed by atoms with van der Waals surface area (Å²) in [4.78, 5) is 15.5. The molecule has 1 aliphatic rings. The average Bonchev–Trinajstić information content (AvgIpc) is 2.54. The molecule has 0 atom stereocenters. The second-order valence-corrected chi connectivity index (χ2v) is 7.82. The minimum absolute atomic E-state index is 0. The molecule has 1 N–H and O–H groups in total. The molecule has 1 aliphatic heterocycles. The first kappa shape index (κ1) is 20.7. The van der Waals surface area contributed by atoms with Crippen LogP contribution in [0.25, 0.3) is 0 Å². The van der Waals surface area contributed by atoms with Crippen molar-refractivity contribution < 1.29 is 18.3 Å². The Bertz CT molecular complexity index is 686. The first-order valence-electron chi connectivity index (χ1n) is 7.54. The molecule has 0 aliphatic carbocycles. The number of piperazine rings is 1. The lowest BCUT2D eigenvalue weighted by Crippen LogP contribution is -2.46. The van der Waals surface area contributed by atoms with E-state index in [0.29, 0.717) is 5.69 Å². The monoisotopic (exact) mass is 377 g/mol. The van der Waals surface area contributed by atoms with Gasteiger partial charge in [-0.2, -0.15) is 0 Å². The molecular formula is C15H24ClN3O4S. The number of anilines is 1. The molecule has 7 nitrogen and oxygen atoms in total. The van der Waals surface area contributed by atoms with Gasteiger partial charge in [0.1, 0.15) is 4.90 Å². The van der Waals surface area contributed by atoms with Gasteiger partial charge in [0.2, 0.25) is 10.0 Å². The summed E-state index contributed by atoms with van der Waals surface area (Å²) in [6.07, 6.45) is 0. The number of carboxylic acid groups (broad SMARTS) is 1. The lowest BCUT2D eigenvalue weighted by molar-refractivity contribution is 0.0696. The SMILES string of the molecule is CCN1CCN(c2ccc(C(=O)O)cc2S(=O)(=O)N(C)C)CC1.Cl. The molecule has 136 valence electrons. The Morgan fingerprint density at radius 1 is 1.21 bits per heavy atom. The van der Waals surface area contributed by atoms with Crippen molar-refractivity contribution >= 4 is 34.1 Å². The molecule has 1 aromatic rings. The minimum Gasteiger partial charge on any atom is -0.478 e. The fourth-order valence-corrected chi connectivity index (χ4v) is 3.75. The van der Waals surface area contributed by atoms with E-state index in [4.69, 9.17) is 5.11 Å². The number of carbonyl (C=O) groups is 1. The fraction of sp³-hybridized carbons (Fsp3) is 0.533. The number of benzene rings is 1. The Morgan fingerprint density at radius 3 is 2.25 bits per heavy atom. The van der Waals surface area contributed by atoms with Crippen molar-refractivity contribution in [1.29, 1.82) is 0 Å². The van der Waals surface area contributed by atoms with Gasteiger partial charge < -0.3 is 14.9 Å². The Hall–Kier alpha value is -1.35. The molecule has 0 unspecified atom stereocenters. The molecule has 1 fully saturated rings. The maximum absolute atomic E-state index is 12.6. The van der Waals surface area contributed by atoms with E-state index in [9.17, 15) is 13.2 Å². The number of nitrogens with zero attached hydrogens (tertiary/aromatic N) is 3. The van der Waals surface area contributed by atoms with Gasteiger partial charge in [-0.25, -0.2) is 17.5 Å². The summed E-state index contributed by atoms with van der Waals surface area (Å²) >= 11 is 0. The van der Waals surface area contributed by atoms with Crippen molar-refractivity contribution in [2.75, 3.05) is 51.7 Å². The topological polar surface area (TPSA) is 81.2 Å². The van der Waals surface area contributed by atoms with E-state index < -0.39 is 16.0 Å². The molecule has 0 radical (unpaired) electrons. The van der Waals surface area contributed by atoms with Crippen molar-refractivity contribution in [3.8, 4) is 0 Å². The van der Waals surface area contributed by atoms with E-state index in [-0.39, 0.29) is 22.9 Å². The smallest absolute Gasteiger partial charge is 0.335 e. The number of hydrogen-bond acceptors (Lipinski definition) is 5. The number of carboxylic acids is 1. The molecule has 24 heavy (non-hydrogen) atoms. The second kappa shape index (κ2) is 8.15. The van der Waals surface area contributed by atoms with Gasteiger partial charge >= 0.3 is 5.97 Å². The Labute approximate surface area is 149 Å². The lowest BCUT2D eigenvalue weighted by atomic mass is 10.2. The summed E-state index contributed by atoms with van der Waals surface area (Å²) < 4.78 is 26.3. The van der Waals surface area contributed by atoms with E-state index in [0.717, 1.165) is 37.0 Å². The number of likely N-dealkylation sites (N-methyl/N-ethyl adjacent to an activating group) is 1. The standard InChI is InChI=1S/C15H23N3O4S.ClH/c1-4-17-7-9-18(10-8-17)13-6-5-12(15(19)20)11-14(13)23(21,22)16(2)3;/h5-6,11H,4,7-10H2,1-3H3,(H,19,20);1H. The van der Waals surface area contributed by atoms with Gasteiger partial charge in [0, 0.05) is 40.3 Å². The maximum atomic E-state index is 12.6. The Balaban J connectivity index is 0.00000288. The van der Waals surface area contributed by atoms with Crippen LogP contribution in [0, 0.1) is 0 Å². The summed E-state index contributed by atoms with van der Waals surface area (Å²) in [7, 11) is -0.825. The van der Waals surface area contributed by atoms with Gasteiger partial charge in [-0.1, -0.05) is 6.92 Å². The zero-order valence-electron chi connectivity index (χ0n) is 14.1. The highest BCUT2D eigenvalue weighted by molar-refractivity contribution is 7.89. The number of halogens is 1. The third-order valence-electron chi connectivity index (χ3n) is 4.13. The van der Waals surface area contributed by atoms with E-state index in [1.54, 1.807) is 6.07 Å². The first-order valence-corrected chi connectivity index (χ1v) is 8.98. The lowest BCUT2D eigenvalue weighted by Gasteiger charge is -2.36. The van der Waals surface area contributed by atoms with E-state index in [2.05, 4.69) is 11.8 Å². The van der Waals surface area contributed by atoms with Crippen LogP contribution in [0.5, 0.6) is 0 Å². The van der Waals surface area contributed by atoms with Crippen LogP contribution >= 0.6 is 12.4 Å². The van der Waals surface area contributed by atoms with Crippen LogP contribution in [0.4, 0.5) is 5.69 Å². The predicted octanol–water partition coefficient (Wildman–Crippen LogP) is 1.20. The minimum atomic E-state index is -3.72. The average molecular weight is 378 g/mol. The molecule has 1 heterocycles. The highest BCUT2D eigenvalue weighted by Gasteiger charge is 2.27. The third-order valence-corrected chi connectivity index (χ3v) is 5.97. The molecule has 1 aromatic carbocycles. The zero-order chi connectivity index (χ0) is 17.2. The molecular weight excluding hydrogens is 354 g/mol. The quantitative estimate of drug-likeness (QED) is 0.830. The van der Waals surface area contributed by atoms with Crippen molar-refractivity contribution in [2.45, 2.75) is 11.8 Å². The van der Waals surface area contributed by atoms with Gasteiger partial charge in [0.25, 0.3) is 0 Å². The zero-order valence-corrected chi connectivity index (χ0v) is 15.7. The summed E-state index contributed by atoms with van der Waals surface area (Å²) in [6.45, 7) is 6.22. The van der Waals surface area contributed by atoms with Gasteiger partial charge in [-0.3, -0.25) is 0 Å². The van der Waals surface area contributed by atoms with Crippen LogP contribution in [0.3, 0.4) is 0 Å². The normalized spacial score (nSPS) is 16.1. The van der Waals surface area contributed by atoms with Crippen LogP contribution in [0.2, 0.25) is 0 Å².